The van der Waals surface area contributed by atoms with Crippen molar-refractivity contribution in [3.8, 4) is 50.2 Å². The molecule has 0 atom stereocenters. The number of hydrogen-bond donors (Lipinski definition) is 0. The van der Waals surface area contributed by atoms with Gasteiger partial charge >= 0.3 is 0 Å². The van der Waals surface area contributed by atoms with Gasteiger partial charge in [-0.05, 0) is 129 Å². The number of benzene rings is 10. The number of nitrogens with zero attached hydrogens (tertiary/aromatic N) is 3. The molecule has 0 saturated heterocycles. The van der Waals surface area contributed by atoms with Crippen molar-refractivity contribution in [1.82, 2.24) is 4.57 Å². The third-order valence-electron chi connectivity index (χ3n) is 14.1. The molecule has 2 heterocycles. The lowest BCUT2D eigenvalue weighted by Gasteiger charge is -2.29. The lowest BCUT2D eigenvalue weighted by atomic mass is 9.82. The van der Waals surface area contributed by atoms with E-state index >= 15 is 0 Å². The Morgan fingerprint density at radius 1 is 0.333 bits per heavy atom. The van der Waals surface area contributed by atoms with Gasteiger partial charge in [-0.15, -0.1) is 0 Å². The van der Waals surface area contributed by atoms with Gasteiger partial charge in [-0.25, -0.2) is 0 Å². The van der Waals surface area contributed by atoms with Gasteiger partial charge in [0, 0.05) is 61.4 Å². The Labute approximate surface area is 385 Å². The number of fused-ring (bicyclic) bond motifs is 5. The molecule has 10 aromatic carbocycles. The summed E-state index contributed by atoms with van der Waals surface area (Å²) in [6.45, 7) is 4.76. The zero-order chi connectivity index (χ0) is 43.9. The molecule has 3 heteroatoms. The Morgan fingerprint density at radius 3 is 1.53 bits per heavy atom. The Morgan fingerprint density at radius 2 is 0.818 bits per heavy atom. The molecule has 1 aliphatic heterocycles. The molecule has 11 aromatic rings. The summed E-state index contributed by atoms with van der Waals surface area (Å²) >= 11 is 0. The normalized spacial score (nSPS) is 12.8. The van der Waals surface area contributed by atoms with E-state index in [0.717, 1.165) is 39.7 Å². The van der Waals surface area contributed by atoms with E-state index in [1.807, 2.05) is 0 Å². The van der Waals surface area contributed by atoms with Crippen LogP contribution in [-0.4, -0.2) is 4.57 Å². The molecule has 1 aliphatic carbocycles. The van der Waals surface area contributed by atoms with Crippen molar-refractivity contribution in [2.75, 3.05) is 9.80 Å². The minimum atomic E-state index is -0.0748. The first kappa shape index (κ1) is 38.1. The molecule has 0 amide bonds. The highest BCUT2D eigenvalue weighted by Gasteiger charge is 2.40. The molecule has 0 N–H and O–H groups in total. The summed E-state index contributed by atoms with van der Waals surface area (Å²) < 4.78 is 2.55. The van der Waals surface area contributed by atoms with Crippen molar-refractivity contribution in [1.29, 1.82) is 0 Å². The molecule has 0 saturated carbocycles. The summed E-state index contributed by atoms with van der Waals surface area (Å²) in [6.07, 6.45) is 0. The second-order valence-electron chi connectivity index (χ2n) is 18.1. The summed E-state index contributed by atoms with van der Waals surface area (Å²) in [5.74, 6) is 0. The van der Waals surface area contributed by atoms with E-state index in [4.69, 9.17) is 0 Å². The Bertz CT molecular complexity index is 3660. The van der Waals surface area contributed by atoms with Gasteiger partial charge in [0.15, 0.2) is 0 Å². The van der Waals surface area contributed by atoms with E-state index < -0.39 is 0 Å². The van der Waals surface area contributed by atoms with Crippen LogP contribution in [0, 0.1) is 0 Å². The lowest BCUT2D eigenvalue weighted by molar-refractivity contribution is 0.660. The third-order valence-corrected chi connectivity index (χ3v) is 14.1. The minimum absolute atomic E-state index is 0.0748. The van der Waals surface area contributed by atoms with E-state index in [1.54, 1.807) is 0 Å². The first-order valence-electron chi connectivity index (χ1n) is 22.9. The molecular weight excluding hydrogens is 799 g/mol. The number of anilines is 6. The van der Waals surface area contributed by atoms with E-state index in [0.29, 0.717) is 0 Å². The maximum Gasteiger partial charge on any atom is 0.0619 e. The minimum Gasteiger partial charge on any atom is -0.310 e. The van der Waals surface area contributed by atoms with Crippen LogP contribution < -0.4 is 9.80 Å². The molecule has 0 unspecified atom stereocenters. The molecule has 0 fully saturated rings. The fourth-order valence-corrected chi connectivity index (χ4v) is 11.0. The maximum atomic E-state index is 2.55. The zero-order valence-electron chi connectivity index (χ0n) is 36.9. The van der Waals surface area contributed by atoms with Gasteiger partial charge < -0.3 is 14.4 Å². The van der Waals surface area contributed by atoms with Crippen molar-refractivity contribution >= 4 is 55.9 Å². The number of hydrogen-bond acceptors (Lipinski definition) is 2. The molecule has 0 spiro atoms. The van der Waals surface area contributed by atoms with Crippen molar-refractivity contribution in [3.05, 3.63) is 248 Å². The van der Waals surface area contributed by atoms with E-state index in [1.165, 1.54) is 77.6 Å². The molecule has 13 rings (SSSR count). The predicted octanol–water partition coefficient (Wildman–Crippen LogP) is 17.3. The van der Waals surface area contributed by atoms with Crippen LogP contribution >= 0.6 is 0 Å². The van der Waals surface area contributed by atoms with Crippen LogP contribution in [0.4, 0.5) is 34.1 Å². The molecule has 3 nitrogen and oxygen atoms in total. The van der Waals surface area contributed by atoms with Gasteiger partial charge in [0.1, 0.15) is 0 Å². The molecule has 0 radical (unpaired) electrons. The average Bonchev–Trinajstić information content (AvgIpc) is 3.78. The SMILES string of the molecule is CC1(C)c2cccc3c2-c2c(cccc21)-n1c2ccc(-c4cccc(N(c5ccccc5)c5cccc(N(c6ccccc6)c6ccc(-c7ccccc7)cc6)c5)c4)cc2c2cccc-3c21. The summed E-state index contributed by atoms with van der Waals surface area (Å²) in [6, 6.07) is 86.5. The summed E-state index contributed by atoms with van der Waals surface area (Å²) in [5.41, 5.74) is 23.1. The van der Waals surface area contributed by atoms with Crippen LogP contribution in [0.25, 0.3) is 72.0 Å². The Hall–Kier alpha value is -8.40. The van der Waals surface area contributed by atoms with Gasteiger partial charge in [0.25, 0.3) is 0 Å². The number of rotatable bonds is 8. The van der Waals surface area contributed by atoms with Gasteiger partial charge in [-0.2, -0.15) is 0 Å². The van der Waals surface area contributed by atoms with Crippen LogP contribution in [0.2, 0.25) is 0 Å². The monoisotopic (exact) mass is 843 g/mol. The van der Waals surface area contributed by atoms with Crippen LogP contribution in [0.3, 0.4) is 0 Å². The summed E-state index contributed by atoms with van der Waals surface area (Å²) in [7, 11) is 0. The van der Waals surface area contributed by atoms with Crippen LogP contribution in [0.5, 0.6) is 0 Å². The van der Waals surface area contributed by atoms with E-state index in [-0.39, 0.29) is 5.41 Å². The first-order valence-corrected chi connectivity index (χ1v) is 22.9. The Kier molecular flexibility index (Phi) is 8.56. The van der Waals surface area contributed by atoms with Gasteiger partial charge in [0.2, 0.25) is 0 Å². The topological polar surface area (TPSA) is 11.4 Å². The lowest BCUT2D eigenvalue weighted by Crippen LogP contribution is -2.15. The molecule has 2 aliphatic rings. The highest BCUT2D eigenvalue weighted by atomic mass is 15.2. The quantitative estimate of drug-likeness (QED) is 0.151. The second-order valence-corrected chi connectivity index (χ2v) is 18.1. The van der Waals surface area contributed by atoms with Crippen LogP contribution in [-0.2, 0) is 5.41 Å². The number of aromatic nitrogens is 1. The predicted molar refractivity (Wildman–Crippen MR) is 278 cm³/mol. The standard InChI is InChI=1S/C63H45N3/c1-63(2)56-30-15-27-52-53-28-14-29-54-55-40-45(35-38-58(55)66(62(53)54)59-32-16-31-57(63)61(59)60(52)56)44-19-12-24-49(39-44)65(47-22-10-5-11-23-47)51-26-13-25-50(41-51)64(46-20-8-4-9-21-46)48-36-33-43(34-37-48)42-17-6-3-7-18-42/h3-41H,1-2H3. The van der Waals surface area contributed by atoms with Gasteiger partial charge in [0.05, 0.1) is 16.7 Å². The number of para-hydroxylation sites is 3. The van der Waals surface area contributed by atoms with Gasteiger partial charge in [-0.1, -0.05) is 166 Å². The van der Waals surface area contributed by atoms with Crippen LogP contribution in [0.15, 0.2) is 237 Å². The van der Waals surface area contributed by atoms with Gasteiger partial charge in [-0.3, -0.25) is 0 Å². The zero-order valence-corrected chi connectivity index (χ0v) is 36.9. The van der Waals surface area contributed by atoms with E-state index in [2.05, 4.69) is 265 Å². The molecule has 0 bridgehead atoms. The van der Waals surface area contributed by atoms with Crippen molar-refractivity contribution < 1.29 is 0 Å². The van der Waals surface area contributed by atoms with Crippen molar-refractivity contribution in [2.45, 2.75) is 19.3 Å². The molecule has 66 heavy (non-hydrogen) atoms. The fraction of sp³-hybridized carbons (Fsp3) is 0.0476. The molecule has 312 valence electrons. The molecule has 1 aromatic heterocycles. The highest BCUT2D eigenvalue weighted by Crippen LogP contribution is 2.57. The highest BCUT2D eigenvalue weighted by molar-refractivity contribution is 6.18. The average molecular weight is 844 g/mol. The van der Waals surface area contributed by atoms with Crippen LogP contribution in [0.1, 0.15) is 25.0 Å². The fourth-order valence-electron chi connectivity index (χ4n) is 11.0. The van der Waals surface area contributed by atoms with E-state index in [9.17, 15) is 0 Å². The smallest absolute Gasteiger partial charge is 0.0619 e. The van der Waals surface area contributed by atoms with Crippen molar-refractivity contribution in [2.24, 2.45) is 0 Å². The van der Waals surface area contributed by atoms with Crippen molar-refractivity contribution in [3.63, 3.8) is 0 Å². The summed E-state index contributed by atoms with van der Waals surface area (Å²) in [4.78, 5) is 4.72. The maximum absolute atomic E-state index is 2.55. The third kappa shape index (κ3) is 5.83. The Balaban J connectivity index is 0.932. The first-order chi connectivity index (χ1) is 32.5. The molecular formula is C63H45N3. The second kappa shape index (κ2) is 14.8. The largest absolute Gasteiger partial charge is 0.310 e. The summed E-state index contributed by atoms with van der Waals surface area (Å²) in [5, 5.41) is 2.53.